The van der Waals surface area contributed by atoms with Crippen LogP contribution in [-0.2, 0) is 17.4 Å². The average molecular weight is 229 g/mol. The molecule has 0 spiro atoms. The van der Waals surface area contributed by atoms with Gasteiger partial charge in [0.25, 0.3) is 5.91 Å². The number of carbonyl (C=O) groups excluding carboxylic acids is 1. The number of nitrogens with zero attached hydrogens (tertiary/aromatic N) is 2. The van der Waals surface area contributed by atoms with E-state index in [1.54, 1.807) is 42.2 Å². The summed E-state index contributed by atoms with van der Waals surface area (Å²) < 4.78 is 1.56. The van der Waals surface area contributed by atoms with Crippen LogP contribution in [0.4, 0.5) is 5.69 Å². The van der Waals surface area contributed by atoms with Gasteiger partial charge in [0.15, 0.2) is 0 Å². The second-order valence-corrected chi connectivity index (χ2v) is 4.08. The summed E-state index contributed by atoms with van der Waals surface area (Å²) in [4.78, 5) is 12.0. The molecule has 1 aliphatic heterocycles. The standard InChI is InChI=1S/C12H11N3O2/c1-15-7-6-10(14-15)12(17)8-4-2-3-5-9(8)13-11(12)16/h2-7,17H,1H3,(H,13,16). The zero-order chi connectivity index (χ0) is 12.0. The number of anilines is 1. The molecule has 0 saturated heterocycles. The number of rotatable bonds is 1. The smallest absolute Gasteiger partial charge is 0.267 e. The summed E-state index contributed by atoms with van der Waals surface area (Å²) in [5, 5.41) is 17.4. The highest BCUT2D eigenvalue weighted by Crippen LogP contribution is 2.39. The molecule has 0 aliphatic carbocycles. The number of para-hydroxylation sites is 1. The summed E-state index contributed by atoms with van der Waals surface area (Å²) in [6.07, 6.45) is 1.70. The van der Waals surface area contributed by atoms with E-state index in [2.05, 4.69) is 10.4 Å². The molecule has 0 bridgehead atoms. The molecule has 2 aromatic rings. The molecule has 1 amide bonds. The Kier molecular flexibility index (Phi) is 1.88. The van der Waals surface area contributed by atoms with Gasteiger partial charge in [0, 0.05) is 24.5 Å². The van der Waals surface area contributed by atoms with Crippen molar-refractivity contribution in [2.45, 2.75) is 5.60 Å². The number of aromatic nitrogens is 2. The molecule has 0 radical (unpaired) electrons. The highest BCUT2D eigenvalue weighted by molar-refractivity contribution is 6.06. The topological polar surface area (TPSA) is 67.2 Å². The van der Waals surface area contributed by atoms with E-state index < -0.39 is 11.5 Å². The summed E-state index contributed by atoms with van der Waals surface area (Å²) >= 11 is 0. The Morgan fingerprint density at radius 2 is 2.12 bits per heavy atom. The number of amides is 1. The van der Waals surface area contributed by atoms with E-state index in [-0.39, 0.29) is 0 Å². The molecule has 1 aromatic heterocycles. The van der Waals surface area contributed by atoms with Crippen LogP contribution in [-0.4, -0.2) is 20.8 Å². The predicted molar refractivity (Wildman–Crippen MR) is 61.3 cm³/mol. The monoisotopic (exact) mass is 229 g/mol. The van der Waals surface area contributed by atoms with Gasteiger partial charge in [-0.1, -0.05) is 18.2 Å². The van der Waals surface area contributed by atoms with Gasteiger partial charge in [0.1, 0.15) is 5.69 Å². The Labute approximate surface area is 97.7 Å². The first-order valence-electron chi connectivity index (χ1n) is 5.26. The highest BCUT2D eigenvalue weighted by atomic mass is 16.3. The van der Waals surface area contributed by atoms with E-state index in [0.717, 1.165) is 0 Å². The van der Waals surface area contributed by atoms with Crippen molar-refractivity contribution in [3.63, 3.8) is 0 Å². The number of hydrogen-bond acceptors (Lipinski definition) is 3. The predicted octanol–water partition coefficient (Wildman–Crippen LogP) is 0.608. The fraction of sp³-hybridized carbons (Fsp3) is 0.167. The molecule has 2 N–H and O–H groups in total. The van der Waals surface area contributed by atoms with Gasteiger partial charge in [-0.25, -0.2) is 0 Å². The zero-order valence-electron chi connectivity index (χ0n) is 9.21. The van der Waals surface area contributed by atoms with Crippen LogP contribution < -0.4 is 5.32 Å². The molecule has 1 aliphatic rings. The fourth-order valence-electron chi connectivity index (χ4n) is 2.11. The van der Waals surface area contributed by atoms with Crippen molar-refractivity contribution in [3.05, 3.63) is 47.8 Å². The summed E-state index contributed by atoms with van der Waals surface area (Å²) in [6, 6.07) is 8.72. The average Bonchev–Trinajstić information content (AvgIpc) is 2.85. The number of fused-ring (bicyclic) bond motifs is 1. The lowest BCUT2D eigenvalue weighted by atomic mass is 9.92. The van der Waals surface area contributed by atoms with Crippen molar-refractivity contribution in [2.75, 3.05) is 5.32 Å². The minimum absolute atomic E-state index is 0.336. The summed E-state index contributed by atoms with van der Waals surface area (Å²) in [7, 11) is 1.74. The molecule has 1 unspecified atom stereocenters. The first-order chi connectivity index (χ1) is 8.12. The maximum atomic E-state index is 12.0. The molecule has 3 rings (SSSR count). The first kappa shape index (κ1) is 10.0. The van der Waals surface area contributed by atoms with Crippen LogP contribution in [0.25, 0.3) is 0 Å². The number of nitrogens with one attached hydrogen (secondary N) is 1. The van der Waals surface area contributed by atoms with E-state index in [9.17, 15) is 9.90 Å². The van der Waals surface area contributed by atoms with Crippen LogP contribution in [0.2, 0.25) is 0 Å². The maximum absolute atomic E-state index is 12.0. The zero-order valence-corrected chi connectivity index (χ0v) is 9.21. The van der Waals surface area contributed by atoms with Gasteiger partial charge in [-0.3, -0.25) is 9.48 Å². The Morgan fingerprint density at radius 1 is 1.35 bits per heavy atom. The Balaban J connectivity index is 2.23. The quantitative estimate of drug-likeness (QED) is 0.752. The van der Waals surface area contributed by atoms with E-state index in [1.807, 2.05) is 6.07 Å². The van der Waals surface area contributed by atoms with Crippen LogP contribution in [0.5, 0.6) is 0 Å². The van der Waals surface area contributed by atoms with Crippen LogP contribution in [0, 0.1) is 0 Å². The van der Waals surface area contributed by atoms with Crippen molar-refractivity contribution in [1.82, 2.24) is 9.78 Å². The van der Waals surface area contributed by atoms with Gasteiger partial charge in [0.05, 0.1) is 0 Å². The number of carbonyl (C=O) groups is 1. The molecule has 1 atom stereocenters. The van der Waals surface area contributed by atoms with Gasteiger partial charge < -0.3 is 10.4 Å². The molecule has 5 nitrogen and oxygen atoms in total. The largest absolute Gasteiger partial charge is 0.370 e. The highest BCUT2D eigenvalue weighted by Gasteiger charge is 2.48. The molecule has 1 aromatic carbocycles. The van der Waals surface area contributed by atoms with E-state index in [4.69, 9.17) is 0 Å². The molecule has 5 heteroatoms. The van der Waals surface area contributed by atoms with Crippen LogP contribution in [0.3, 0.4) is 0 Å². The number of aryl methyl sites for hydroxylation is 1. The van der Waals surface area contributed by atoms with Crippen molar-refractivity contribution in [2.24, 2.45) is 7.05 Å². The maximum Gasteiger partial charge on any atom is 0.267 e. The van der Waals surface area contributed by atoms with Crippen LogP contribution >= 0.6 is 0 Å². The lowest BCUT2D eigenvalue weighted by molar-refractivity contribution is -0.130. The van der Waals surface area contributed by atoms with E-state index in [1.165, 1.54) is 0 Å². The summed E-state index contributed by atoms with van der Waals surface area (Å²) in [5.41, 5.74) is -0.172. The second kappa shape index (κ2) is 3.18. The van der Waals surface area contributed by atoms with Gasteiger partial charge in [-0.15, -0.1) is 0 Å². The van der Waals surface area contributed by atoms with Crippen molar-refractivity contribution >= 4 is 11.6 Å². The molecular formula is C12H11N3O2. The Hall–Kier alpha value is -2.14. The van der Waals surface area contributed by atoms with Crippen molar-refractivity contribution in [3.8, 4) is 0 Å². The van der Waals surface area contributed by atoms with E-state index >= 15 is 0 Å². The van der Waals surface area contributed by atoms with Crippen molar-refractivity contribution < 1.29 is 9.90 Å². The lowest BCUT2D eigenvalue weighted by Gasteiger charge is -2.17. The SMILES string of the molecule is Cn1ccc(C2(O)C(=O)Nc3ccccc32)n1. The molecule has 17 heavy (non-hydrogen) atoms. The minimum Gasteiger partial charge on any atom is -0.370 e. The summed E-state index contributed by atoms with van der Waals surface area (Å²) in [6.45, 7) is 0. The number of benzene rings is 1. The fourth-order valence-corrected chi connectivity index (χ4v) is 2.11. The third kappa shape index (κ3) is 1.23. The molecule has 0 saturated carbocycles. The van der Waals surface area contributed by atoms with Crippen LogP contribution in [0.15, 0.2) is 36.5 Å². The summed E-state index contributed by atoms with van der Waals surface area (Å²) in [5.74, 6) is -0.461. The van der Waals surface area contributed by atoms with Crippen molar-refractivity contribution in [1.29, 1.82) is 0 Å². The third-order valence-corrected chi connectivity index (χ3v) is 2.98. The number of aliphatic hydroxyl groups is 1. The van der Waals surface area contributed by atoms with Gasteiger partial charge in [0.2, 0.25) is 5.60 Å². The first-order valence-corrected chi connectivity index (χ1v) is 5.26. The van der Waals surface area contributed by atoms with Gasteiger partial charge in [-0.2, -0.15) is 5.10 Å². The van der Waals surface area contributed by atoms with Gasteiger partial charge >= 0.3 is 0 Å². The molecule has 2 heterocycles. The lowest BCUT2D eigenvalue weighted by Crippen LogP contribution is -2.35. The Bertz CT molecular complexity index is 605. The molecule has 86 valence electrons. The van der Waals surface area contributed by atoms with Crippen LogP contribution in [0.1, 0.15) is 11.3 Å². The minimum atomic E-state index is -1.68. The second-order valence-electron chi connectivity index (χ2n) is 4.08. The number of hydrogen-bond donors (Lipinski definition) is 2. The van der Waals surface area contributed by atoms with E-state index in [0.29, 0.717) is 16.9 Å². The molecule has 0 fully saturated rings. The van der Waals surface area contributed by atoms with Gasteiger partial charge in [-0.05, 0) is 12.1 Å². The Morgan fingerprint density at radius 3 is 2.82 bits per heavy atom. The third-order valence-electron chi connectivity index (χ3n) is 2.98. The normalized spacial score (nSPS) is 22.4. The molecular weight excluding hydrogens is 218 g/mol.